The highest BCUT2D eigenvalue weighted by Crippen LogP contribution is 2.33. The number of anilines is 1. The Morgan fingerprint density at radius 3 is 2.86 bits per heavy atom. The lowest BCUT2D eigenvalue weighted by molar-refractivity contribution is -0.384. The van der Waals surface area contributed by atoms with Crippen molar-refractivity contribution < 1.29 is 14.5 Å². The number of hydrogen-bond donors (Lipinski definition) is 0. The van der Waals surface area contributed by atoms with Gasteiger partial charge in [0.1, 0.15) is 12.2 Å². The normalized spacial score (nSPS) is 21.2. The van der Waals surface area contributed by atoms with Gasteiger partial charge < -0.3 is 9.64 Å². The quantitative estimate of drug-likeness (QED) is 0.619. The molecule has 1 aromatic rings. The second kappa shape index (κ2) is 5.73. The molecule has 0 aromatic heterocycles. The smallest absolute Gasteiger partial charge is 0.271 e. The molecule has 1 saturated carbocycles. The summed E-state index contributed by atoms with van der Waals surface area (Å²) in [5.41, 5.74) is 0.796. The van der Waals surface area contributed by atoms with Gasteiger partial charge in [-0.1, -0.05) is 0 Å². The van der Waals surface area contributed by atoms with Crippen LogP contribution in [-0.4, -0.2) is 36.5 Å². The van der Waals surface area contributed by atoms with Gasteiger partial charge in [0.05, 0.1) is 29.3 Å². The van der Waals surface area contributed by atoms with Crippen molar-refractivity contribution in [2.24, 2.45) is 5.92 Å². The molecule has 0 radical (unpaired) electrons. The highest BCUT2D eigenvalue weighted by molar-refractivity contribution is 5.88. The molecule has 0 spiro atoms. The summed E-state index contributed by atoms with van der Waals surface area (Å²) in [6, 6.07) is 6.20. The van der Waals surface area contributed by atoms with Gasteiger partial charge in [-0.05, 0) is 18.9 Å². The number of nitro groups is 1. The predicted octanol–water partition coefficient (Wildman–Crippen LogP) is 1.65. The molecule has 22 heavy (non-hydrogen) atoms. The maximum Gasteiger partial charge on any atom is 0.271 e. The number of ketones is 1. The number of non-ortho nitro benzene ring substituents is 1. The number of nitriles is 1. The maximum absolute atomic E-state index is 12.1. The van der Waals surface area contributed by atoms with Crippen LogP contribution in [0.5, 0.6) is 0 Å². The van der Waals surface area contributed by atoms with Crippen LogP contribution in [0, 0.1) is 27.4 Å². The summed E-state index contributed by atoms with van der Waals surface area (Å²) in [4.78, 5) is 24.4. The van der Waals surface area contributed by atoms with E-state index in [1.165, 1.54) is 18.2 Å². The molecule has 1 saturated heterocycles. The Hall–Kier alpha value is -2.46. The summed E-state index contributed by atoms with van der Waals surface area (Å²) >= 11 is 0. The van der Waals surface area contributed by atoms with Crippen molar-refractivity contribution in [3.8, 4) is 6.07 Å². The van der Waals surface area contributed by atoms with Gasteiger partial charge in [0.15, 0.2) is 5.78 Å². The van der Waals surface area contributed by atoms with Gasteiger partial charge in [0.25, 0.3) is 5.69 Å². The zero-order chi connectivity index (χ0) is 15.7. The Kier molecular flexibility index (Phi) is 3.77. The molecule has 2 fully saturated rings. The minimum Gasteiger partial charge on any atom is -0.367 e. The average Bonchev–Trinajstić information content (AvgIpc) is 3.38. The van der Waals surface area contributed by atoms with E-state index in [0.29, 0.717) is 30.9 Å². The molecule has 2 aliphatic rings. The second-order valence-corrected chi connectivity index (χ2v) is 5.55. The molecule has 114 valence electrons. The van der Waals surface area contributed by atoms with E-state index in [9.17, 15) is 20.2 Å². The molecule has 1 aromatic carbocycles. The summed E-state index contributed by atoms with van der Waals surface area (Å²) in [5, 5.41) is 20.1. The second-order valence-electron chi connectivity index (χ2n) is 5.55. The number of rotatable bonds is 4. The summed E-state index contributed by atoms with van der Waals surface area (Å²) in [7, 11) is 0. The maximum atomic E-state index is 12.1. The number of ether oxygens (including phenoxy) is 1. The molecule has 0 N–H and O–H groups in total. The molecule has 1 heterocycles. The largest absolute Gasteiger partial charge is 0.367 e. The number of hydrogen-bond acceptors (Lipinski definition) is 6. The van der Waals surface area contributed by atoms with E-state index < -0.39 is 11.0 Å². The van der Waals surface area contributed by atoms with Gasteiger partial charge in [-0.2, -0.15) is 5.26 Å². The van der Waals surface area contributed by atoms with Crippen molar-refractivity contribution in [2.75, 3.05) is 24.6 Å². The molecule has 7 nitrogen and oxygen atoms in total. The van der Waals surface area contributed by atoms with Crippen molar-refractivity contribution in [1.82, 2.24) is 0 Å². The van der Waals surface area contributed by atoms with Crippen LogP contribution in [0.15, 0.2) is 18.2 Å². The Morgan fingerprint density at radius 2 is 2.23 bits per heavy atom. The lowest BCUT2D eigenvalue weighted by Crippen LogP contribution is -2.47. The van der Waals surface area contributed by atoms with E-state index in [1.807, 2.05) is 11.0 Å². The highest BCUT2D eigenvalue weighted by Gasteiger charge is 2.38. The van der Waals surface area contributed by atoms with Gasteiger partial charge in [0.2, 0.25) is 0 Å². The lowest BCUT2D eigenvalue weighted by Gasteiger charge is -2.34. The highest BCUT2D eigenvalue weighted by atomic mass is 16.6. The van der Waals surface area contributed by atoms with E-state index in [4.69, 9.17) is 4.74 Å². The standard InChI is InChI=1S/C15H15N3O4/c16-8-11-3-4-12(18(20)21)7-13(11)17-5-6-22-14(9-17)15(19)10-1-2-10/h3-4,7,10,14H,1-2,5-6,9H2/t14-/m1/s1. The predicted molar refractivity (Wildman–Crippen MR) is 77.5 cm³/mol. The van der Waals surface area contributed by atoms with Gasteiger partial charge in [-0.15, -0.1) is 0 Å². The van der Waals surface area contributed by atoms with Crippen molar-refractivity contribution in [2.45, 2.75) is 18.9 Å². The van der Waals surface area contributed by atoms with Crippen molar-refractivity contribution >= 4 is 17.2 Å². The van der Waals surface area contributed by atoms with Gasteiger partial charge in [-0.3, -0.25) is 14.9 Å². The number of carbonyl (C=O) groups is 1. The first-order chi connectivity index (χ1) is 10.6. The summed E-state index contributed by atoms with van der Waals surface area (Å²) < 4.78 is 5.54. The van der Waals surface area contributed by atoms with Crippen LogP contribution in [0.1, 0.15) is 18.4 Å². The molecule has 0 bridgehead atoms. The van der Waals surface area contributed by atoms with Gasteiger partial charge in [0, 0.05) is 24.6 Å². The van der Waals surface area contributed by atoms with Crippen LogP contribution in [0.3, 0.4) is 0 Å². The topological polar surface area (TPSA) is 96.5 Å². The first-order valence-corrected chi connectivity index (χ1v) is 7.19. The van der Waals surface area contributed by atoms with E-state index in [-0.39, 0.29) is 17.4 Å². The summed E-state index contributed by atoms with van der Waals surface area (Å²) in [6.07, 6.45) is 1.32. The molecule has 3 rings (SSSR count). The van der Waals surface area contributed by atoms with Crippen LogP contribution in [0.4, 0.5) is 11.4 Å². The minimum atomic E-state index is -0.507. The third kappa shape index (κ3) is 2.78. The number of benzene rings is 1. The van der Waals surface area contributed by atoms with Crippen LogP contribution < -0.4 is 4.90 Å². The SMILES string of the molecule is N#Cc1ccc([N+](=O)[O-])cc1N1CCO[C@@H](C(=O)C2CC2)C1. The molecule has 1 aliphatic carbocycles. The molecular weight excluding hydrogens is 286 g/mol. The first-order valence-electron chi connectivity index (χ1n) is 7.19. The van der Waals surface area contributed by atoms with E-state index in [2.05, 4.69) is 0 Å². The Morgan fingerprint density at radius 1 is 1.45 bits per heavy atom. The van der Waals surface area contributed by atoms with Crippen molar-refractivity contribution in [3.63, 3.8) is 0 Å². The van der Waals surface area contributed by atoms with Gasteiger partial charge in [-0.25, -0.2) is 0 Å². The summed E-state index contributed by atoms with van der Waals surface area (Å²) in [5.74, 6) is 0.208. The fourth-order valence-electron chi connectivity index (χ4n) is 2.66. The third-order valence-corrected chi connectivity index (χ3v) is 4.02. The zero-order valence-electron chi connectivity index (χ0n) is 11.9. The molecule has 0 amide bonds. The van der Waals surface area contributed by atoms with E-state index in [1.54, 1.807) is 0 Å². The van der Waals surface area contributed by atoms with E-state index in [0.717, 1.165) is 12.8 Å². The molecule has 1 aliphatic heterocycles. The first kappa shape index (κ1) is 14.5. The van der Waals surface area contributed by atoms with Crippen molar-refractivity contribution in [3.05, 3.63) is 33.9 Å². The summed E-state index contributed by atoms with van der Waals surface area (Å²) in [6.45, 7) is 1.21. The van der Waals surface area contributed by atoms with Crippen LogP contribution in [0.2, 0.25) is 0 Å². The number of morpholine rings is 1. The minimum absolute atomic E-state index is 0.0643. The van der Waals surface area contributed by atoms with E-state index >= 15 is 0 Å². The van der Waals surface area contributed by atoms with Crippen LogP contribution in [0.25, 0.3) is 0 Å². The van der Waals surface area contributed by atoms with Crippen LogP contribution >= 0.6 is 0 Å². The third-order valence-electron chi connectivity index (χ3n) is 4.02. The molecule has 7 heteroatoms. The number of nitrogens with zero attached hydrogens (tertiary/aromatic N) is 3. The Bertz CT molecular complexity index is 663. The number of nitro benzene ring substituents is 1. The Balaban J connectivity index is 1.85. The van der Waals surface area contributed by atoms with Crippen molar-refractivity contribution in [1.29, 1.82) is 5.26 Å². The molecular formula is C15H15N3O4. The lowest BCUT2D eigenvalue weighted by atomic mass is 10.1. The monoisotopic (exact) mass is 301 g/mol. The molecule has 0 unspecified atom stereocenters. The fraction of sp³-hybridized carbons (Fsp3) is 0.467. The fourth-order valence-corrected chi connectivity index (χ4v) is 2.66. The Labute approximate surface area is 127 Å². The van der Waals surface area contributed by atoms with Gasteiger partial charge >= 0.3 is 0 Å². The van der Waals surface area contributed by atoms with Crippen LogP contribution in [-0.2, 0) is 9.53 Å². The molecule has 1 atom stereocenters. The zero-order valence-corrected chi connectivity index (χ0v) is 11.9. The number of carbonyl (C=O) groups excluding carboxylic acids is 1. The average molecular weight is 301 g/mol. The number of Topliss-reactive ketones (excluding diaryl/α,β-unsaturated/α-hetero) is 1.